The van der Waals surface area contributed by atoms with Gasteiger partial charge in [0.05, 0.1) is 53.1 Å². The molecule has 1 aromatic heterocycles. The lowest BCUT2D eigenvalue weighted by atomic mass is 9.85. The molecule has 41 heavy (non-hydrogen) atoms. The van der Waals surface area contributed by atoms with Gasteiger partial charge in [0.2, 0.25) is 0 Å². The van der Waals surface area contributed by atoms with Crippen LogP contribution in [0.2, 0.25) is 0 Å². The Labute approximate surface area is 243 Å². The van der Waals surface area contributed by atoms with Gasteiger partial charge in [-0.1, -0.05) is 12.0 Å². The van der Waals surface area contributed by atoms with Crippen molar-refractivity contribution in [1.29, 1.82) is 5.26 Å². The Bertz CT molecular complexity index is 1600. The Morgan fingerprint density at radius 1 is 1.20 bits per heavy atom. The number of nitrogens with one attached hydrogen (secondary N) is 2. The molecule has 1 saturated carbocycles. The molecule has 4 rings (SSSR count). The number of benzene rings is 2. The van der Waals surface area contributed by atoms with Gasteiger partial charge in [-0.25, -0.2) is 8.42 Å². The van der Waals surface area contributed by atoms with Gasteiger partial charge < -0.3 is 30.6 Å². The first-order valence-corrected chi connectivity index (χ1v) is 15.7. The van der Waals surface area contributed by atoms with Gasteiger partial charge in [-0.2, -0.15) is 5.26 Å². The van der Waals surface area contributed by atoms with Crippen LogP contribution in [0.3, 0.4) is 0 Å². The molecule has 2 aromatic carbocycles. The van der Waals surface area contributed by atoms with E-state index in [-0.39, 0.29) is 10.8 Å². The zero-order valence-corrected chi connectivity index (χ0v) is 25.3. The highest BCUT2D eigenvalue weighted by Gasteiger charge is 2.32. The van der Waals surface area contributed by atoms with E-state index >= 15 is 0 Å². The van der Waals surface area contributed by atoms with Gasteiger partial charge in [-0.05, 0) is 83.0 Å². The van der Waals surface area contributed by atoms with Crippen molar-refractivity contribution in [2.24, 2.45) is 11.7 Å². The summed E-state index contributed by atoms with van der Waals surface area (Å²) in [7, 11) is 2.40. The van der Waals surface area contributed by atoms with Gasteiger partial charge in [0, 0.05) is 36.0 Å². The number of nitrogens with zero attached hydrogens (tertiary/aromatic N) is 3. The number of sulfone groups is 1. The topological polar surface area (TPSA) is 125 Å². The lowest BCUT2D eigenvalue weighted by Gasteiger charge is -2.40. The third-order valence-corrected chi connectivity index (χ3v) is 8.88. The molecule has 0 radical (unpaired) electrons. The summed E-state index contributed by atoms with van der Waals surface area (Å²) in [5, 5.41) is 17.4. The Kier molecular flexibility index (Phi) is 9.18. The zero-order chi connectivity index (χ0) is 29.8. The fourth-order valence-corrected chi connectivity index (χ4v) is 5.99. The van der Waals surface area contributed by atoms with Crippen LogP contribution in [0.1, 0.15) is 38.3 Å². The highest BCUT2D eigenvalue weighted by atomic mass is 32.2. The smallest absolute Gasteiger partial charge is 0.175 e. The van der Waals surface area contributed by atoms with Crippen LogP contribution in [0.4, 0.5) is 11.4 Å². The highest BCUT2D eigenvalue weighted by Crippen LogP contribution is 2.34. The van der Waals surface area contributed by atoms with Gasteiger partial charge in [0.25, 0.3) is 0 Å². The first-order valence-electron chi connectivity index (χ1n) is 13.8. The van der Waals surface area contributed by atoms with Crippen LogP contribution in [0, 0.1) is 29.1 Å². The maximum absolute atomic E-state index is 11.9. The summed E-state index contributed by atoms with van der Waals surface area (Å²) >= 11 is 0. The van der Waals surface area contributed by atoms with Gasteiger partial charge >= 0.3 is 0 Å². The summed E-state index contributed by atoms with van der Waals surface area (Å²) < 4.78 is 31.3. The van der Waals surface area contributed by atoms with Crippen molar-refractivity contribution in [3.05, 3.63) is 48.2 Å². The van der Waals surface area contributed by atoms with Crippen LogP contribution in [0.25, 0.3) is 10.9 Å². The zero-order valence-electron chi connectivity index (χ0n) is 24.5. The Balaban J connectivity index is 1.59. The maximum Gasteiger partial charge on any atom is 0.175 e. The van der Waals surface area contributed by atoms with Gasteiger partial charge in [0.1, 0.15) is 5.75 Å². The first kappa shape index (κ1) is 30.3. The minimum absolute atomic E-state index is 0.191. The fourth-order valence-electron chi connectivity index (χ4n) is 5.36. The van der Waals surface area contributed by atoms with E-state index in [4.69, 9.17) is 10.5 Å². The van der Waals surface area contributed by atoms with Crippen LogP contribution >= 0.6 is 0 Å². The molecular formula is C31H40N6O3S. The minimum atomic E-state index is -3.34. The number of aromatic nitrogens is 1. The third kappa shape index (κ3) is 7.15. The van der Waals surface area contributed by atoms with Gasteiger partial charge in [-0.15, -0.1) is 0 Å². The molecule has 1 aliphatic carbocycles. The third-order valence-electron chi connectivity index (χ3n) is 7.77. The lowest BCUT2D eigenvalue weighted by molar-refractivity contribution is 0.186. The molecule has 1 aliphatic rings. The molecule has 0 amide bonds. The van der Waals surface area contributed by atoms with Crippen molar-refractivity contribution >= 4 is 32.1 Å². The molecule has 1 atom stereocenters. The molecule has 218 valence electrons. The summed E-state index contributed by atoms with van der Waals surface area (Å²) in [6, 6.07) is 15.8. The van der Waals surface area contributed by atoms with E-state index in [9.17, 15) is 13.7 Å². The fraction of sp³-hybridized carbons (Fsp3) is 0.452. The standard InChI is InChI=1S/C31H40N6O3S/c1-22(20-32)21-37-24(8-7-17-34-28-12-11-25(41(5,38)39)19-30(28)40-4)18-26-27(9-6-10-29(26)37)35-31(33)15-13-23(14-16-31)36(2)3/h6,9-12,18-19,22-23,34-35H,13-17,21,33H2,1-5H3/t22?,23-,31-. The Morgan fingerprint density at radius 3 is 2.56 bits per heavy atom. The number of nitrogens with two attached hydrogens (primary N) is 1. The number of fused-ring (bicyclic) bond motifs is 1. The number of methoxy groups -OCH3 is 1. The largest absolute Gasteiger partial charge is 0.495 e. The predicted octanol–water partition coefficient (Wildman–Crippen LogP) is 4.25. The molecule has 1 heterocycles. The van der Waals surface area contributed by atoms with E-state index in [1.807, 2.05) is 19.1 Å². The monoisotopic (exact) mass is 576 g/mol. The van der Waals surface area contributed by atoms with E-state index in [0.717, 1.165) is 54.2 Å². The van der Waals surface area contributed by atoms with Crippen molar-refractivity contribution in [3.8, 4) is 23.7 Å². The highest BCUT2D eigenvalue weighted by molar-refractivity contribution is 7.90. The van der Waals surface area contributed by atoms with E-state index in [2.05, 4.69) is 64.2 Å². The number of hydrogen-bond acceptors (Lipinski definition) is 8. The average Bonchev–Trinajstić information content (AvgIpc) is 3.28. The molecule has 10 heteroatoms. The van der Waals surface area contributed by atoms with E-state index in [0.29, 0.717) is 30.6 Å². The van der Waals surface area contributed by atoms with E-state index in [1.54, 1.807) is 12.1 Å². The molecular weight excluding hydrogens is 536 g/mol. The van der Waals surface area contributed by atoms with Crippen LogP contribution in [0.5, 0.6) is 5.75 Å². The summed E-state index contributed by atoms with van der Waals surface area (Å²) in [5.74, 6) is 6.68. The summed E-state index contributed by atoms with van der Waals surface area (Å²) in [6.45, 7) is 2.73. The van der Waals surface area contributed by atoms with Crippen molar-refractivity contribution in [2.75, 3.05) is 44.6 Å². The molecule has 9 nitrogen and oxygen atoms in total. The van der Waals surface area contributed by atoms with E-state index < -0.39 is 15.5 Å². The molecule has 0 spiro atoms. The number of hydrogen-bond donors (Lipinski definition) is 3. The number of ether oxygens (including phenoxy) is 1. The van der Waals surface area contributed by atoms with Crippen LogP contribution in [-0.4, -0.2) is 63.6 Å². The summed E-state index contributed by atoms with van der Waals surface area (Å²) in [4.78, 5) is 2.47. The van der Waals surface area contributed by atoms with Crippen molar-refractivity contribution < 1.29 is 13.2 Å². The second-order valence-corrected chi connectivity index (χ2v) is 13.2. The van der Waals surface area contributed by atoms with Gasteiger partial charge in [0.15, 0.2) is 9.84 Å². The second-order valence-electron chi connectivity index (χ2n) is 11.2. The van der Waals surface area contributed by atoms with Crippen LogP contribution < -0.4 is 21.1 Å². The number of nitriles is 1. The molecule has 3 aromatic rings. The average molecular weight is 577 g/mol. The van der Waals surface area contributed by atoms with Crippen LogP contribution in [0.15, 0.2) is 47.4 Å². The van der Waals surface area contributed by atoms with Crippen molar-refractivity contribution in [2.45, 2.75) is 55.8 Å². The molecule has 0 bridgehead atoms. The Morgan fingerprint density at radius 2 is 1.93 bits per heavy atom. The SMILES string of the molecule is COc1cc(S(C)(=O)=O)ccc1NCC#Cc1cc2c(N[C@]3(N)CC[C@@H](N(C)C)CC3)cccc2n1CC(C)C#N. The number of anilines is 2. The molecule has 4 N–H and O–H groups in total. The minimum Gasteiger partial charge on any atom is -0.495 e. The Hall–Kier alpha value is -3.70. The lowest BCUT2D eigenvalue weighted by Crippen LogP contribution is -2.52. The summed E-state index contributed by atoms with van der Waals surface area (Å²) in [5.41, 5.74) is 9.78. The molecule has 1 fully saturated rings. The van der Waals surface area contributed by atoms with Crippen molar-refractivity contribution in [1.82, 2.24) is 9.47 Å². The number of rotatable bonds is 9. The quantitative estimate of drug-likeness (QED) is 0.255. The first-order chi connectivity index (χ1) is 19.4. The van der Waals surface area contributed by atoms with Gasteiger partial charge in [-0.3, -0.25) is 0 Å². The normalized spacial score (nSPS) is 19.7. The van der Waals surface area contributed by atoms with Crippen molar-refractivity contribution in [3.63, 3.8) is 0 Å². The predicted molar refractivity (Wildman–Crippen MR) is 165 cm³/mol. The maximum atomic E-state index is 11.9. The molecule has 0 saturated heterocycles. The summed E-state index contributed by atoms with van der Waals surface area (Å²) in [6.07, 6.45) is 5.00. The van der Waals surface area contributed by atoms with Crippen LogP contribution in [-0.2, 0) is 16.4 Å². The molecule has 1 unspecified atom stereocenters. The molecule has 0 aliphatic heterocycles. The van der Waals surface area contributed by atoms with E-state index in [1.165, 1.54) is 13.2 Å². The second kappa shape index (κ2) is 12.4.